The molecule has 3 nitrogen and oxygen atoms in total. The summed E-state index contributed by atoms with van der Waals surface area (Å²) in [6.45, 7) is 1.73. The maximum atomic E-state index is 8.44. The smallest absolute Gasteiger partial charge is 0.0698 e. The van der Waals surface area contributed by atoms with Gasteiger partial charge < -0.3 is 14.6 Å². The van der Waals surface area contributed by atoms with Crippen LogP contribution in [0, 0.1) is 6.10 Å². The van der Waals surface area contributed by atoms with Crippen LogP contribution < -0.4 is 0 Å². The van der Waals surface area contributed by atoms with Crippen LogP contribution in [0.5, 0.6) is 0 Å². The molecule has 0 aromatic heterocycles. The van der Waals surface area contributed by atoms with E-state index in [1.165, 1.54) is 25.4 Å². The Morgan fingerprint density at radius 1 is 1.00 bits per heavy atom. The van der Waals surface area contributed by atoms with Crippen molar-refractivity contribution in [2.45, 2.75) is 32.1 Å². The van der Waals surface area contributed by atoms with Crippen molar-refractivity contribution in [2.75, 3.05) is 26.4 Å². The molecule has 0 bridgehead atoms. The molecule has 0 saturated heterocycles. The molecule has 1 saturated carbocycles. The van der Waals surface area contributed by atoms with E-state index in [1.807, 2.05) is 0 Å². The van der Waals surface area contributed by atoms with E-state index in [9.17, 15) is 0 Å². The topological polar surface area (TPSA) is 38.7 Å². The fourth-order valence-electron chi connectivity index (χ4n) is 1.50. The van der Waals surface area contributed by atoms with Crippen molar-refractivity contribution in [1.29, 1.82) is 0 Å². The second-order valence-electron chi connectivity index (χ2n) is 3.28. The average Bonchev–Trinajstić information content (AvgIpc) is 2.19. The van der Waals surface area contributed by atoms with Crippen LogP contribution in [-0.2, 0) is 30.5 Å². The maximum absolute atomic E-state index is 8.44. The monoisotopic (exact) mass is 285 g/mol. The van der Waals surface area contributed by atoms with Crippen molar-refractivity contribution in [3.8, 4) is 0 Å². The van der Waals surface area contributed by atoms with Crippen LogP contribution in [0.3, 0.4) is 0 Å². The van der Waals surface area contributed by atoms with Crippen molar-refractivity contribution < 1.29 is 35.6 Å². The fraction of sp³-hybridized carbons (Fsp3) is 0.900. The van der Waals surface area contributed by atoms with E-state index in [-0.39, 0.29) is 27.7 Å². The third-order valence-electron chi connectivity index (χ3n) is 2.18. The number of aliphatic hydroxyl groups is 1. The van der Waals surface area contributed by atoms with Gasteiger partial charge in [-0.2, -0.15) is 18.9 Å². The molecule has 1 rings (SSSR count). The first-order valence-corrected chi connectivity index (χ1v) is 5.09. The molecule has 1 aliphatic rings. The van der Waals surface area contributed by atoms with Gasteiger partial charge in [-0.15, -0.1) is 0 Å². The van der Waals surface area contributed by atoms with Gasteiger partial charge in [-0.3, -0.25) is 0 Å². The average molecular weight is 283 g/mol. The SMILES string of the molecule is OCCOCCO[C-]1CCCCC1.[Mo]. The zero-order valence-corrected chi connectivity index (χ0v) is 10.5. The molecule has 1 N–H and O–H groups in total. The van der Waals surface area contributed by atoms with Gasteiger partial charge in [0.1, 0.15) is 0 Å². The van der Waals surface area contributed by atoms with E-state index >= 15 is 0 Å². The molecule has 0 radical (unpaired) electrons. The van der Waals surface area contributed by atoms with Crippen LogP contribution in [-0.4, -0.2) is 31.5 Å². The van der Waals surface area contributed by atoms with Crippen molar-refractivity contribution in [2.24, 2.45) is 0 Å². The fourth-order valence-corrected chi connectivity index (χ4v) is 1.50. The number of ether oxygens (including phenoxy) is 2. The summed E-state index contributed by atoms with van der Waals surface area (Å²) in [6.07, 6.45) is 7.37. The molecule has 0 aromatic carbocycles. The van der Waals surface area contributed by atoms with E-state index in [0.29, 0.717) is 19.8 Å². The minimum absolute atomic E-state index is 0. The summed E-state index contributed by atoms with van der Waals surface area (Å²) in [5.74, 6) is 0. The standard InChI is InChI=1S/C10H19O3.Mo/c11-6-7-12-8-9-13-10-4-2-1-3-5-10;/h11H,1-9H2;/q-1;. The number of hydrogen-bond donors (Lipinski definition) is 1. The quantitative estimate of drug-likeness (QED) is 0.456. The van der Waals surface area contributed by atoms with Gasteiger partial charge in [-0.1, -0.05) is 19.3 Å². The first-order chi connectivity index (χ1) is 6.43. The summed E-state index contributed by atoms with van der Waals surface area (Å²) < 4.78 is 10.6. The van der Waals surface area contributed by atoms with Gasteiger partial charge in [0.25, 0.3) is 0 Å². The molecular formula is C10H19MoO3-. The number of rotatable bonds is 6. The molecule has 14 heavy (non-hydrogen) atoms. The summed E-state index contributed by atoms with van der Waals surface area (Å²) in [6, 6.07) is 0. The zero-order valence-electron chi connectivity index (χ0n) is 8.54. The molecule has 0 spiro atoms. The van der Waals surface area contributed by atoms with E-state index in [0.717, 1.165) is 12.8 Å². The molecule has 0 heterocycles. The minimum Gasteiger partial charge on any atom is -0.547 e. The largest absolute Gasteiger partial charge is 0.547 e. The van der Waals surface area contributed by atoms with Crippen molar-refractivity contribution in [3.05, 3.63) is 6.10 Å². The molecule has 84 valence electrons. The Bertz CT molecular complexity index is 116. The molecule has 0 unspecified atom stereocenters. The summed E-state index contributed by atoms with van der Waals surface area (Å²) >= 11 is 0. The Morgan fingerprint density at radius 3 is 2.36 bits per heavy atom. The van der Waals surface area contributed by atoms with Crippen LogP contribution in [0.1, 0.15) is 32.1 Å². The molecule has 1 fully saturated rings. The Balaban J connectivity index is 0.00000169. The van der Waals surface area contributed by atoms with Gasteiger partial charge in [-0.25, -0.2) is 0 Å². The predicted molar refractivity (Wildman–Crippen MR) is 50.2 cm³/mol. The first-order valence-electron chi connectivity index (χ1n) is 5.09. The van der Waals surface area contributed by atoms with E-state index < -0.39 is 0 Å². The summed E-state index contributed by atoms with van der Waals surface area (Å²) in [7, 11) is 0. The summed E-state index contributed by atoms with van der Waals surface area (Å²) in [4.78, 5) is 0. The van der Waals surface area contributed by atoms with Gasteiger partial charge in [0.05, 0.1) is 19.8 Å². The van der Waals surface area contributed by atoms with Crippen LogP contribution in [0.2, 0.25) is 0 Å². The zero-order chi connectivity index (χ0) is 9.36. The second kappa shape index (κ2) is 10.1. The van der Waals surface area contributed by atoms with Crippen molar-refractivity contribution in [1.82, 2.24) is 0 Å². The molecule has 0 aliphatic heterocycles. The Labute approximate surface area is 100 Å². The Morgan fingerprint density at radius 2 is 1.71 bits per heavy atom. The van der Waals surface area contributed by atoms with Gasteiger partial charge >= 0.3 is 0 Å². The number of aliphatic hydroxyl groups excluding tert-OH is 1. The first kappa shape index (κ1) is 14.6. The van der Waals surface area contributed by atoms with Crippen LogP contribution in [0.4, 0.5) is 0 Å². The van der Waals surface area contributed by atoms with Crippen LogP contribution in [0.15, 0.2) is 0 Å². The Hall–Kier alpha value is 0.568. The normalized spacial score (nSPS) is 17.8. The van der Waals surface area contributed by atoms with Gasteiger partial charge in [-0.05, 0) is 0 Å². The Kier molecular flexibility index (Phi) is 10.5. The molecule has 0 aromatic rings. The van der Waals surface area contributed by atoms with Gasteiger partial charge in [0, 0.05) is 27.7 Å². The third-order valence-corrected chi connectivity index (χ3v) is 2.18. The molecule has 4 heteroatoms. The van der Waals surface area contributed by atoms with Crippen LogP contribution in [0.25, 0.3) is 0 Å². The third kappa shape index (κ3) is 6.94. The maximum Gasteiger partial charge on any atom is 0.0698 e. The van der Waals surface area contributed by atoms with E-state index in [1.54, 1.807) is 0 Å². The van der Waals surface area contributed by atoms with Gasteiger partial charge in [0.15, 0.2) is 0 Å². The van der Waals surface area contributed by atoms with E-state index in [4.69, 9.17) is 14.6 Å². The minimum atomic E-state index is 0. The predicted octanol–water partition coefficient (Wildman–Crippen LogP) is 1.51. The second-order valence-corrected chi connectivity index (χ2v) is 3.28. The van der Waals surface area contributed by atoms with Gasteiger partial charge in [0.2, 0.25) is 0 Å². The van der Waals surface area contributed by atoms with E-state index in [2.05, 4.69) is 0 Å². The van der Waals surface area contributed by atoms with Crippen molar-refractivity contribution >= 4 is 0 Å². The molecule has 0 amide bonds. The van der Waals surface area contributed by atoms with Crippen molar-refractivity contribution in [3.63, 3.8) is 0 Å². The molecular weight excluding hydrogens is 264 g/mol. The number of hydrogen-bond acceptors (Lipinski definition) is 3. The molecule has 1 aliphatic carbocycles. The van der Waals surface area contributed by atoms with Crippen LogP contribution >= 0.6 is 0 Å². The molecule has 0 atom stereocenters. The summed E-state index contributed by atoms with van der Waals surface area (Å²) in [5.41, 5.74) is 0. The summed E-state index contributed by atoms with van der Waals surface area (Å²) in [5, 5.41) is 8.44.